The van der Waals surface area contributed by atoms with Crippen molar-refractivity contribution in [2.45, 2.75) is 19.4 Å². The Morgan fingerprint density at radius 3 is 2.89 bits per heavy atom. The summed E-state index contributed by atoms with van der Waals surface area (Å²) in [4.78, 5) is 5.43. The Labute approximate surface area is 117 Å². The Morgan fingerprint density at radius 2 is 2.33 bits per heavy atom. The van der Waals surface area contributed by atoms with E-state index in [9.17, 15) is 0 Å². The monoisotopic (exact) mass is 289 g/mol. The van der Waals surface area contributed by atoms with E-state index in [0.29, 0.717) is 6.61 Å². The van der Waals surface area contributed by atoms with E-state index < -0.39 is 0 Å². The normalized spacial score (nSPS) is 13.4. The van der Waals surface area contributed by atoms with Gasteiger partial charge >= 0.3 is 0 Å². The summed E-state index contributed by atoms with van der Waals surface area (Å²) in [6.45, 7) is 3.53. The minimum Gasteiger partial charge on any atom is -0.383 e. The van der Waals surface area contributed by atoms with Crippen LogP contribution in [-0.4, -0.2) is 39.3 Å². The molecule has 1 aromatic rings. The van der Waals surface area contributed by atoms with Crippen molar-refractivity contribution in [2.75, 3.05) is 27.3 Å². The van der Waals surface area contributed by atoms with Gasteiger partial charge < -0.3 is 15.4 Å². The van der Waals surface area contributed by atoms with Gasteiger partial charge in [-0.05, 0) is 25.5 Å². The lowest BCUT2D eigenvalue weighted by Crippen LogP contribution is -2.44. The van der Waals surface area contributed by atoms with Crippen molar-refractivity contribution in [1.29, 1.82) is 0 Å². The third-order valence-electron chi connectivity index (χ3n) is 2.32. The second-order valence-electron chi connectivity index (χ2n) is 3.96. The van der Waals surface area contributed by atoms with Crippen LogP contribution in [0, 0.1) is 0 Å². The minimum absolute atomic E-state index is 0.234. The molecule has 1 heterocycles. The van der Waals surface area contributed by atoms with E-state index in [1.54, 1.807) is 25.5 Å². The van der Waals surface area contributed by atoms with E-state index >= 15 is 0 Å². The van der Waals surface area contributed by atoms with Crippen molar-refractivity contribution in [3.8, 4) is 0 Å². The number of halogens is 1. The zero-order chi connectivity index (χ0) is 13.4. The van der Waals surface area contributed by atoms with Crippen LogP contribution < -0.4 is 10.6 Å². The molecule has 0 bridgehead atoms. The van der Waals surface area contributed by atoms with E-state index in [2.05, 4.69) is 28.6 Å². The van der Waals surface area contributed by atoms with E-state index in [1.807, 2.05) is 6.07 Å². The van der Waals surface area contributed by atoms with Gasteiger partial charge in [0.15, 0.2) is 5.96 Å². The maximum Gasteiger partial charge on any atom is 0.191 e. The number of guanidine groups is 1. The molecule has 0 aliphatic rings. The average molecular weight is 290 g/mol. The fourth-order valence-electron chi connectivity index (χ4n) is 1.51. The van der Waals surface area contributed by atoms with Gasteiger partial charge in [0.25, 0.3) is 0 Å². The first kappa shape index (κ1) is 15.3. The van der Waals surface area contributed by atoms with E-state index in [1.165, 1.54) is 4.88 Å². The van der Waals surface area contributed by atoms with Crippen LogP contribution >= 0.6 is 22.9 Å². The highest BCUT2D eigenvalue weighted by Gasteiger charge is 2.04. The molecule has 0 spiro atoms. The molecule has 0 fully saturated rings. The summed E-state index contributed by atoms with van der Waals surface area (Å²) in [5.74, 6) is 0.794. The summed E-state index contributed by atoms with van der Waals surface area (Å²) in [6.07, 6.45) is 0.941. The molecule has 0 aliphatic carbocycles. The Morgan fingerprint density at radius 1 is 1.56 bits per heavy atom. The minimum atomic E-state index is 0.234. The molecule has 2 N–H and O–H groups in total. The lowest BCUT2D eigenvalue weighted by Gasteiger charge is -2.16. The number of nitrogens with zero attached hydrogens (tertiary/aromatic N) is 1. The van der Waals surface area contributed by atoms with E-state index in [0.717, 1.165) is 23.3 Å². The van der Waals surface area contributed by atoms with Crippen LogP contribution in [0.25, 0.3) is 0 Å². The SMILES string of the molecule is CN=C(NCCc1ccc(Cl)s1)NC(C)COC. The zero-order valence-electron chi connectivity index (χ0n) is 11.0. The summed E-state index contributed by atoms with van der Waals surface area (Å²) >= 11 is 7.50. The van der Waals surface area contributed by atoms with Crippen molar-refractivity contribution in [3.05, 3.63) is 21.3 Å². The van der Waals surface area contributed by atoms with Crippen molar-refractivity contribution in [3.63, 3.8) is 0 Å². The standard InChI is InChI=1S/C12H20ClN3OS/c1-9(8-17-3)16-12(14-2)15-7-6-10-4-5-11(13)18-10/h4-5,9H,6-8H2,1-3H3,(H2,14,15,16). The Hall–Kier alpha value is -0.780. The van der Waals surface area contributed by atoms with Gasteiger partial charge in [-0.2, -0.15) is 0 Å². The highest BCUT2D eigenvalue weighted by molar-refractivity contribution is 7.16. The molecule has 0 aromatic carbocycles. The lowest BCUT2D eigenvalue weighted by molar-refractivity contribution is 0.179. The van der Waals surface area contributed by atoms with E-state index in [-0.39, 0.29) is 6.04 Å². The van der Waals surface area contributed by atoms with Crippen LogP contribution in [0.3, 0.4) is 0 Å². The van der Waals surface area contributed by atoms with Crippen LogP contribution in [0.1, 0.15) is 11.8 Å². The molecule has 1 unspecified atom stereocenters. The maximum atomic E-state index is 5.88. The molecule has 4 nitrogen and oxygen atoms in total. The third kappa shape index (κ3) is 5.71. The van der Waals surface area contributed by atoms with Crippen LogP contribution in [0.5, 0.6) is 0 Å². The summed E-state index contributed by atoms with van der Waals surface area (Å²) in [5.41, 5.74) is 0. The first-order chi connectivity index (χ1) is 8.65. The number of hydrogen-bond donors (Lipinski definition) is 2. The van der Waals surface area contributed by atoms with Crippen molar-refractivity contribution < 1.29 is 4.74 Å². The summed E-state index contributed by atoms with van der Waals surface area (Å²) in [7, 11) is 3.45. The predicted octanol–water partition coefficient (Wildman–Crippen LogP) is 2.14. The maximum absolute atomic E-state index is 5.88. The molecule has 0 aliphatic heterocycles. The van der Waals surface area contributed by atoms with Gasteiger partial charge in [-0.25, -0.2) is 0 Å². The quantitative estimate of drug-likeness (QED) is 0.623. The van der Waals surface area contributed by atoms with Crippen molar-refractivity contribution >= 4 is 28.9 Å². The number of rotatable bonds is 6. The molecular formula is C12H20ClN3OS. The number of nitrogens with one attached hydrogen (secondary N) is 2. The number of thiophene rings is 1. The van der Waals surface area contributed by atoms with Gasteiger partial charge in [0.1, 0.15) is 0 Å². The predicted molar refractivity (Wildman–Crippen MR) is 78.9 cm³/mol. The first-order valence-corrected chi connectivity index (χ1v) is 7.05. The van der Waals surface area contributed by atoms with Gasteiger partial charge in [0, 0.05) is 31.6 Å². The fourth-order valence-corrected chi connectivity index (χ4v) is 2.60. The molecule has 6 heteroatoms. The van der Waals surface area contributed by atoms with Gasteiger partial charge in [-0.1, -0.05) is 11.6 Å². The molecule has 0 radical (unpaired) electrons. The highest BCUT2D eigenvalue weighted by Crippen LogP contribution is 2.21. The largest absolute Gasteiger partial charge is 0.383 e. The number of aliphatic imine (C=N–C) groups is 1. The summed E-state index contributed by atoms with van der Waals surface area (Å²) in [6, 6.07) is 4.21. The van der Waals surface area contributed by atoms with Crippen molar-refractivity contribution in [1.82, 2.24) is 10.6 Å². The van der Waals surface area contributed by atoms with Gasteiger partial charge in [-0.3, -0.25) is 4.99 Å². The van der Waals surface area contributed by atoms with Crippen LogP contribution in [-0.2, 0) is 11.2 Å². The smallest absolute Gasteiger partial charge is 0.191 e. The van der Waals surface area contributed by atoms with E-state index in [4.69, 9.17) is 16.3 Å². The number of methoxy groups -OCH3 is 1. The molecule has 18 heavy (non-hydrogen) atoms. The molecule has 1 aromatic heterocycles. The molecule has 0 saturated carbocycles. The molecule has 0 saturated heterocycles. The number of ether oxygens (including phenoxy) is 1. The van der Waals surface area contributed by atoms with Crippen LogP contribution in [0.2, 0.25) is 4.34 Å². The van der Waals surface area contributed by atoms with Crippen molar-refractivity contribution in [2.24, 2.45) is 4.99 Å². The Bertz CT molecular complexity index is 381. The lowest BCUT2D eigenvalue weighted by atomic mass is 10.3. The molecule has 1 atom stereocenters. The molecular weight excluding hydrogens is 270 g/mol. The van der Waals surface area contributed by atoms with Gasteiger partial charge in [0.05, 0.1) is 10.9 Å². The Balaban J connectivity index is 2.27. The molecule has 102 valence electrons. The van der Waals surface area contributed by atoms with Gasteiger partial charge in [-0.15, -0.1) is 11.3 Å². The third-order valence-corrected chi connectivity index (χ3v) is 3.61. The van der Waals surface area contributed by atoms with Crippen LogP contribution in [0.15, 0.2) is 17.1 Å². The average Bonchev–Trinajstić information content (AvgIpc) is 2.74. The summed E-state index contributed by atoms with van der Waals surface area (Å²) in [5, 5.41) is 6.51. The van der Waals surface area contributed by atoms with Crippen LogP contribution in [0.4, 0.5) is 0 Å². The fraction of sp³-hybridized carbons (Fsp3) is 0.583. The van der Waals surface area contributed by atoms with Gasteiger partial charge in [0.2, 0.25) is 0 Å². The number of hydrogen-bond acceptors (Lipinski definition) is 3. The highest BCUT2D eigenvalue weighted by atomic mass is 35.5. The second kappa shape index (κ2) is 8.34. The summed E-state index contributed by atoms with van der Waals surface area (Å²) < 4.78 is 5.90. The zero-order valence-corrected chi connectivity index (χ0v) is 12.6. The first-order valence-electron chi connectivity index (χ1n) is 5.86. The molecule has 1 rings (SSSR count). The second-order valence-corrected chi connectivity index (χ2v) is 5.76. The topological polar surface area (TPSA) is 45.7 Å². The Kier molecular flexibility index (Phi) is 7.08. The molecule has 0 amide bonds.